The molecule has 0 bridgehead atoms. The number of nitrogens with one attached hydrogen (secondary N) is 1. The highest BCUT2D eigenvalue weighted by atomic mass is 16.3. The topological polar surface area (TPSA) is 70.6 Å². The molecule has 0 aromatic heterocycles. The van der Waals surface area contributed by atoms with Crippen molar-refractivity contribution in [3.05, 3.63) is 0 Å². The molecule has 4 nitrogen and oxygen atoms in total. The lowest BCUT2D eigenvalue weighted by Gasteiger charge is -2.03. The molecule has 0 amide bonds. The van der Waals surface area contributed by atoms with Crippen molar-refractivity contribution in [2.45, 2.75) is 38.3 Å². The summed E-state index contributed by atoms with van der Waals surface area (Å²) in [5, 5.41) is 12.0. The zero-order chi connectivity index (χ0) is 8.97. The zero-order valence-corrected chi connectivity index (χ0v) is 7.45. The highest BCUT2D eigenvalue weighted by Gasteiger charge is 2.21. The van der Waals surface area contributed by atoms with E-state index in [1.165, 1.54) is 12.8 Å². The van der Waals surface area contributed by atoms with Crippen LogP contribution >= 0.6 is 0 Å². The van der Waals surface area contributed by atoms with Gasteiger partial charge in [-0.25, -0.2) is 0 Å². The van der Waals surface area contributed by atoms with Crippen molar-refractivity contribution in [2.75, 3.05) is 6.54 Å². The van der Waals surface area contributed by atoms with Crippen LogP contribution in [0.4, 0.5) is 0 Å². The SMILES string of the molecule is CC(O)CCN=C(N)NC1CC1. The van der Waals surface area contributed by atoms with Gasteiger partial charge in [-0.2, -0.15) is 0 Å². The van der Waals surface area contributed by atoms with Gasteiger partial charge in [0.05, 0.1) is 6.10 Å². The molecular weight excluding hydrogens is 154 g/mol. The standard InChI is InChI=1S/C8H17N3O/c1-6(12)4-5-10-8(9)11-7-2-3-7/h6-7,12H,2-5H2,1H3,(H3,9,10,11). The largest absolute Gasteiger partial charge is 0.393 e. The van der Waals surface area contributed by atoms with E-state index in [-0.39, 0.29) is 6.10 Å². The first-order valence-electron chi connectivity index (χ1n) is 4.43. The molecule has 1 fully saturated rings. The summed E-state index contributed by atoms with van der Waals surface area (Å²) in [5.74, 6) is 0.512. The first kappa shape index (κ1) is 9.32. The van der Waals surface area contributed by atoms with Gasteiger partial charge in [-0.05, 0) is 26.2 Å². The molecule has 4 heteroatoms. The van der Waals surface area contributed by atoms with E-state index < -0.39 is 0 Å². The third kappa shape index (κ3) is 4.18. The number of nitrogens with two attached hydrogens (primary N) is 1. The Labute approximate surface area is 72.9 Å². The Kier molecular flexibility index (Phi) is 3.34. The minimum atomic E-state index is -0.289. The predicted octanol–water partition coefficient (Wildman–Crippen LogP) is -0.176. The quantitative estimate of drug-likeness (QED) is 0.406. The number of aliphatic hydroxyl groups is 1. The van der Waals surface area contributed by atoms with Crippen LogP contribution in [0.2, 0.25) is 0 Å². The van der Waals surface area contributed by atoms with Crippen LogP contribution in [-0.2, 0) is 0 Å². The Balaban J connectivity index is 2.07. The average molecular weight is 171 g/mol. The molecule has 4 N–H and O–H groups in total. The van der Waals surface area contributed by atoms with Gasteiger partial charge in [-0.15, -0.1) is 0 Å². The molecule has 1 saturated carbocycles. The summed E-state index contributed by atoms with van der Waals surface area (Å²) in [5.41, 5.74) is 5.56. The monoisotopic (exact) mass is 171 g/mol. The van der Waals surface area contributed by atoms with Crippen molar-refractivity contribution in [1.29, 1.82) is 0 Å². The van der Waals surface area contributed by atoms with Gasteiger partial charge in [-0.1, -0.05) is 0 Å². The Morgan fingerprint density at radius 1 is 1.75 bits per heavy atom. The van der Waals surface area contributed by atoms with Gasteiger partial charge in [0.1, 0.15) is 0 Å². The van der Waals surface area contributed by atoms with Crippen molar-refractivity contribution in [3.63, 3.8) is 0 Å². The van der Waals surface area contributed by atoms with Crippen molar-refractivity contribution in [1.82, 2.24) is 5.32 Å². The summed E-state index contributed by atoms with van der Waals surface area (Å²) in [7, 11) is 0. The summed E-state index contributed by atoms with van der Waals surface area (Å²) >= 11 is 0. The second-order valence-electron chi connectivity index (χ2n) is 3.32. The van der Waals surface area contributed by atoms with Gasteiger partial charge in [0.15, 0.2) is 5.96 Å². The van der Waals surface area contributed by atoms with Gasteiger partial charge in [-0.3, -0.25) is 4.99 Å². The average Bonchev–Trinajstić information content (AvgIpc) is 2.70. The Hall–Kier alpha value is -0.770. The number of aliphatic hydroxyl groups excluding tert-OH is 1. The summed E-state index contributed by atoms with van der Waals surface area (Å²) in [6, 6.07) is 0.556. The number of rotatable bonds is 4. The fourth-order valence-corrected chi connectivity index (χ4v) is 0.854. The summed E-state index contributed by atoms with van der Waals surface area (Å²) in [6.07, 6.45) is 2.79. The Morgan fingerprint density at radius 2 is 2.42 bits per heavy atom. The number of hydrogen-bond acceptors (Lipinski definition) is 2. The molecule has 0 aliphatic heterocycles. The van der Waals surface area contributed by atoms with E-state index in [4.69, 9.17) is 10.8 Å². The lowest BCUT2D eigenvalue weighted by atomic mass is 10.3. The van der Waals surface area contributed by atoms with Gasteiger partial charge in [0, 0.05) is 12.6 Å². The fourth-order valence-electron chi connectivity index (χ4n) is 0.854. The van der Waals surface area contributed by atoms with E-state index in [1.54, 1.807) is 6.92 Å². The van der Waals surface area contributed by atoms with Crippen LogP contribution in [0.3, 0.4) is 0 Å². The maximum atomic E-state index is 8.93. The minimum absolute atomic E-state index is 0.289. The molecule has 0 aromatic carbocycles. The number of nitrogens with zero attached hydrogens (tertiary/aromatic N) is 1. The molecule has 1 rings (SSSR count). The third-order valence-electron chi connectivity index (χ3n) is 1.76. The molecule has 12 heavy (non-hydrogen) atoms. The van der Waals surface area contributed by atoms with E-state index in [0.29, 0.717) is 25.0 Å². The molecule has 1 aliphatic carbocycles. The molecule has 0 saturated heterocycles. The van der Waals surface area contributed by atoms with Gasteiger partial charge in [0.2, 0.25) is 0 Å². The van der Waals surface area contributed by atoms with Crippen LogP contribution in [0.5, 0.6) is 0 Å². The van der Waals surface area contributed by atoms with E-state index in [0.717, 1.165) is 0 Å². The zero-order valence-electron chi connectivity index (χ0n) is 7.45. The molecule has 0 spiro atoms. The van der Waals surface area contributed by atoms with Crippen LogP contribution in [0.1, 0.15) is 26.2 Å². The molecule has 1 aliphatic rings. The highest BCUT2D eigenvalue weighted by Crippen LogP contribution is 2.17. The molecule has 1 atom stereocenters. The van der Waals surface area contributed by atoms with Gasteiger partial charge in [0.25, 0.3) is 0 Å². The molecule has 1 unspecified atom stereocenters. The first-order valence-corrected chi connectivity index (χ1v) is 4.43. The molecule has 0 radical (unpaired) electrons. The molecule has 0 heterocycles. The highest BCUT2D eigenvalue weighted by molar-refractivity contribution is 5.78. The van der Waals surface area contributed by atoms with Crippen molar-refractivity contribution in [2.24, 2.45) is 10.7 Å². The number of guanidine groups is 1. The molecule has 70 valence electrons. The Bertz CT molecular complexity index is 164. The maximum Gasteiger partial charge on any atom is 0.188 e. The van der Waals surface area contributed by atoms with Crippen LogP contribution < -0.4 is 11.1 Å². The van der Waals surface area contributed by atoms with Crippen LogP contribution in [-0.4, -0.2) is 29.8 Å². The van der Waals surface area contributed by atoms with E-state index >= 15 is 0 Å². The first-order chi connectivity index (χ1) is 5.68. The van der Waals surface area contributed by atoms with Crippen molar-refractivity contribution >= 4 is 5.96 Å². The summed E-state index contributed by atoms with van der Waals surface area (Å²) in [4.78, 5) is 4.07. The predicted molar refractivity (Wildman–Crippen MR) is 48.9 cm³/mol. The van der Waals surface area contributed by atoms with E-state index in [1.807, 2.05) is 0 Å². The molecule has 0 aromatic rings. The van der Waals surface area contributed by atoms with Gasteiger partial charge >= 0.3 is 0 Å². The number of aliphatic imine (C=N–C) groups is 1. The second-order valence-corrected chi connectivity index (χ2v) is 3.32. The van der Waals surface area contributed by atoms with Crippen LogP contribution in [0, 0.1) is 0 Å². The Morgan fingerprint density at radius 3 is 2.92 bits per heavy atom. The molecular formula is C8H17N3O. The van der Waals surface area contributed by atoms with Gasteiger partial charge < -0.3 is 16.2 Å². The van der Waals surface area contributed by atoms with E-state index in [9.17, 15) is 0 Å². The van der Waals surface area contributed by atoms with Crippen LogP contribution in [0.25, 0.3) is 0 Å². The maximum absolute atomic E-state index is 8.93. The second kappa shape index (κ2) is 4.30. The lowest BCUT2D eigenvalue weighted by Crippen LogP contribution is -2.33. The minimum Gasteiger partial charge on any atom is -0.393 e. The third-order valence-corrected chi connectivity index (χ3v) is 1.76. The lowest BCUT2D eigenvalue weighted by molar-refractivity contribution is 0.187. The summed E-state index contributed by atoms with van der Waals surface area (Å²) < 4.78 is 0. The summed E-state index contributed by atoms with van der Waals surface area (Å²) in [6.45, 7) is 2.35. The number of hydrogen-bond donors (Lipinski definition) is 3. The van der Waals surface area contributed by atoms with E-state index in [2.05, 4.69) is 10.3 Å². The van der Waals surface area contributed by atoms with Crippen LogP contribution in [0.15, 0.2) is 4.99 Å². The smallest absolute Gasteiger partial charge is 0.188 e. The normalized spacial score (nSPS) is 20.7. The van der Waals surface area contributed by atoms with Crippen molar-refractivity contribution < 1.29 is 5.11 Å². The fraction of sp³-hybridized carbons (Fsp3) is 0.875. The van der Waals surface area contributed by atoms with Crippen molar-refractivity contribution in [3.8, 4) is 0 Å².